The molecule has 0 saturated heterocycles. The molecule has 4 aliphatic rings. The normalized spacial score (nSPS) is 21.8. The number of hydrogen-bond acceptors (Lipinski definition) is 8. The first-order valence-electron chi connectivity index (χ1n) is 23.5. The molecule has 2 aromatic rings. The summed E-state index contributed by atoms with van der Waals surface area (Å²) in [7, 11) is -9.54. The standard InChI is InChI=1S/2C25H38O6P.2Na/c2*1-6-7-8-9-12-24(2,3)18-14-21-23(22(15-18)31-32(27,28)29)19-13-17(16-26)10-11-20(19)25(4,5)30-21;;/h2*10,14-15,19-20H,6-9,11-13,16H2,1-5H3,(H2,27,28,29);;/q2*-1;2*+1/t2*19-,20-;;/m00../s1. The van der Waals surface area contributed by atoms with Crippen molar-refractivity contribution >= 4 is 15.6 Å². The summed E-state index contributed by atoms with van der Waals surface area (Å²) >= 11 is 0. The third-order valence-electron chi connectivity index (χ3n) is 14.4. The van der Waals surface area contributed by atoms with Crippen LogP contribution in [-0.4, -0.2) is 44.0 Å². The maximum atomic E-state index is 11.9. The fraction of sp³-hybridized carbons (Fsp3) is 0.680. The van der Waals surface area contributed by atoms with Gasteiger partial charge in [0.05, 0.1) is 0 Å². The van der Waals surface area contributed by atoms with Crippen LogP contribution in [0.15, 0.2) is 47.6 Å². The Morgan fingerprint density at radius 1 is 0.621 bits per heavy atom. The molecule has 2 aromatic carbocycles. The third-order valence-corrected chi connectivity index (χ3v) is 15.3. The van der Waals surface area contributed by atoms with Gasteiger partial charge in [0.1, 0.15) is 34.2 Å². The Kier molecular flexibility index (Phi) is 21.8. The second-order valence-electron chi connectivity index (χ2n) is 21.1. The molecule has 0 unspecified atom stereocenters. The van der Waals surface area contributed by atoms with Crippen LogP contribution in [0.25, 0.3) is 0 Å². The summed E-state index contributed by atoms with van der Waals surface area (Å²) in [6, 6.07) is 7.61. The molecule has 2 aliphatic heterocycles. The molecule has 2 heterocycles. The third kappa shape index (κ3) is 15.2. The van der Waals surface area contributed by atoms with Crippen LogP contribution in [0.3, 0.4) is 0 Å². The van der Waals surface area contributed by atoms with Gasteiger partial charge in [-0.25, -0.2) is 9.13 Å². The van der Waals surface area contributed by atoms with Gasteiger partial charge in [0.25, 0.3) is 0 Å². The average Bonchev–Trinajstić information content (AvgIpc) is 3.19. The predicted molar refractivity (Wildman–Crippen MR) is 248 cm³/mol. The van der Waals surface area contributed by atoms with Gasteiger partial charge in [-0.05, 0) is 112 Å². The monoisotopic (exact) mass is 976 g/mol. The van der Waals surface area contributed by atoms with Crippen LogP contribution < -0.4 is 87.8 Å². The van der Waals surface area contributed by atoms with Crippen molar-refractivity contribution < 1.29 is 117 Å². The zero-order valence-corrected chi connectivity index (χ0v) is 47.8. The van der Waals surface area contributed by atoms with Gasteiger partial charge in [0.15, 0.2) is 0 Å². The van der Waals surface area contributed by atoms with E-state index in [0.717, 1.165) is 60.8 Å². The number of hydrogen-bond donors (Lipinski definition) is 4. The van der Waals surface area contributed by atoms with Crippen LogP contribution >= 0.6 is 15.6 Å². The van der Waals surface area contributed by atoms with E-state index in [9.17, 15) is 38.9 Å². The molecule has 0 radical (unpaired) electrons. The van der Waals surface area contributed by atoms with Gasteiger partial charge in [0.2, 0.25) is 0 Å². The molecule has 0 amide bonds. The summed E-state index contributed by atoms with van der Waals surface area (Å²) in [4.78, 5) is 38.6. The fourth-order valence-corrected chi connectivity index (χ4v) is 11.4. The SMILES string of the molecule is CCCCCCC(C)(C)c1cc2c(c(OP(=O)(O)O)c1)[C@H]1CC(C[O-])=CC[C@@H]1C(C)(C)O2.CCCCCCC(C)(C)c1cc2c(c(OP(=O)(O)O)c1)[C@H]1CC(C[O-])=CC[C@@H]1C(C)(C)O2.[Na+].[Na+]. The van der Waals surface area contributed by atoms with E-state index in [1.165, 1.54) is 25.7 Å². The van der Waals surface area contributed by atoms with E-state index in [2.05, 4.69) is 69.2 Å². The topological polar surface area (TPSA) is 198 Å². The molecule has 66 heavy (non-hydrogen) atoms. The maximum absolute atomic E-state index is 11.9. The molecule has 0 fully saturated rings. The Balaban J connectivity index is 0.000000340. The van der Waals surface area contributed by atoms with Gasteiger partial charge in [0, 0.05) is 34.8 Å². The summed E-state index contributed by atoms with van der Waals surface area (Å²) in [5.74, 6) is 1.64. The van der Waals surface area contributed by atoms with Gasteiger partial charge < -0.3 is 28.7 Å². The molecule has 6 rings (SSSR count). The molecule has 0 bridgehead atoms. The summed E-state index contributed by atoms with van der Waals surface area (Å²) < 4.78 is 47.1. The first-order chi connectivity index (χ1) is 29.8. The Morgan fingerprint density at radius 3 is 1.27 bits per heavy atom. The van der Waals surface area contributed by atoms with E-state index in [-0.39, 0.29) is 118 Å². The van der Waals surface area contributed by atoms with Crippen LogP contribution in [0.1, 0.15) is 193 Å². The van der Waals surface area contributed by atoms with Crippen LogP contribution in [0, 0.1) is 11.8 Å². The first kappa shape index (κ1) is 59.6. The van der Waals surface area contributed by atoms with Gasteiger partial charge >= 0.3 is 74.8 Å². The Bertz CT molecular complexity index is 1960. The van der Waals surface area contributed by atoms with E-state index in [1.807, 2.05) is 24.3 Å². The van der Waals surface area contributed by atoms with Gasteiger partial charge in [-0.15, -0.1) is 13.2 Å². The van der Waals surface area contributed by atoms with Crippen LogP contribution in [0.5, 0.6) is 23.0 Å². The van der Waals surface area contributed by atoms with E-state index in [4.69, 9.17) is 18.5 Å². The van der Waals surface area contributed by atoms with Crippen LogP contribution in [0.4, 0.5) is 0 Å². The van der Waals surface area contributed by atoms with Crippen molar-refractivity contribution in [1.82, 2.24) is 0 Å². The molecule has 0 spiro atoms. The van der Waals surface area contributed by atoms with Crippen molar-refractivity contribution in [2.24, 2.45) is 11.8 Å². The predicted octanol–water partition coefficient (Wildman–Crippen LogP) is 4.72. The molecule has 4 N–H and O–H groups in total. The molecule has 4 atom stereocenters. The van der Waals surface area contributed by atoms with Crippen molar-refractivity contribution in [2.45, 2.75) is 193 Å². The van der Waals surface area contributed by atoms with Gasteiger partial charge in [-0.2, -0.15) is 0 Å². The van der Waals surface area contributed by atoms with Gasteiger partial charge in [-0.3, -0.25) is 19.6 Å². The molecule has 360 valence electrons. The molecular formula is C50H76Na2O12P2. The van der Waals surface area contributed by atoms with E-state index in [0.29, 0.717) is 48.3 Å². The minimum atomic E-state index is -4.77. The Morgan fingerprint density at radius 2 is 0.970 bits per heavy atom. The van der Waals surface area contributed by atoms with E-state index < -0.39 is 26.8 Å². The van der Waals surface area contributed by atoms with Crippen LogP contribution in [0.2, 0.25) is 0 Å². The molecule has 16 heteroatoms. The van der Waals surface area contributed by atoms with Crippen molar-refractivity contribution in [3.8, 4) is 23.0 Å². The molecule has 2 aliphatic carbocycles. The summed E-state index contributed by atoms with van der Waals surface area (Å²) in [6.45, 7) is 20.6. The number of rotatable bonds is 18. The molecule has 0 aromatic heterocycles. The number of fused-ring (bicyclic) bond motifs is 6. The Hall–Kier alpha value is -0.660. The quantitative estimate of drug-likeness (QED) is 0.0696. The zero-order valence-electron chi connectivity index (χ0n) is 42.0. The number of allylic oxidation sites excluding steroid dienone is 2. The molecular weight excluding hydrogens is 900 g/mol. The number of benzene rings is 2. The summed E-state index contributed by atoms with van der Waals surface area (Å²) in [5, 5.41) is 23.2. The second kappa shape index (κ2) is 24.2. The summed E-state index contributed by atoms with van der Waals surface area (Å²) in [6.07, 6.45) is 17.7. The maximum Gasteiger partial charge on any atom is 1.00 e. The molecule has 12 nitrogen and oxygen atoms in total. The average molecular weight is 977 g/mol. The van der Waals surface area contributed by atoms with Crippen molar-refractivity contribution in [1.29, 1.82) is 0 Å². The molecule has 0 saturated carbocycles. The summed E-state index contributed by atoms with van der Waals surface area (Å²) in [5.41, 5.74) is 3.58. The van der Waals surface area contributed by atoms with Crippen molar-refractivity contribution in [2.75, 3.05) is 13.2 Å². The second-order valence-corrected chi connectivity index (χ2v) is 23.4. The largest absolute Gasteiger partial charge is 1.00 e. The number of unbranched alkanes of at least 4 members (excludes halogenated alkanes) is 6. The number of phosphoric acid groups is 2. The van der Waals surface area contributed by atoms with E-state index >= 15 is 0 Å². The zero-order chi connectivity index (χ0) is 47.5. The van der Waals surface area contributed by atoms with Crippen molar-refractivity contribution in [3.63, 3.8) is 0 Å². The van der Waals surface area contributed by atoms with E-state index in [1.54, 1.807) is 12.1 Å². The minimum absolute atomic E-state index is 0. The minimum Gasteiger partial charge on any atom is -0.851 e. The fourth-order valence-electron chi connectivity index (χ4n) is 10.6. The van der Waals surface area contributed by atoms with Crippen LogP contribution in [-0.2, 0) is 20.0 Å². The van der Waals surface area contributed by atoms with Crippen molar-refractivity contribution in [3.05, 3.63) is 69.8 Å². The first-order valence-corrected chi connectivity index (χ1v) is 26.6. The van der Waals surface area contributed by atoms with Gasteiger partial charge in [-0.1, -0.05) is 116 Å². The number of ether oxygens (including phenoxy) is 2. The Labute approximate surface area is 439 Å². The smallest absolute Gasteiger partial charge is 0.851 e. The number of phosphoric ester groups is 2.